The van der Waals surface area contributed by atoms with E-state index in [4.69, 9.17) is 14.2 Å². The van der Waals surface area contributed by atoms with Crippen molar-refractivity contribution in [1.82, 2.24) is 19.2 Å². The summed E-state index contributed by atoms with van der Waals surface area (Å²) in [7, 11) is 0. The van der Waals surface area contributed by atoms with Gasteiger partial charge in [0.2, 0.25) is 0 Å². The van der Waals surface area contributed by atoms with Crippen LogP contribution in [0.15, 0.2) is 11.0 Å². The summed E-state index contributed by atoms with van der Waals surface area (Å²) in [6.07, 6.45) is -0.0516. The van der Waals surface area contributed by atoms with E-state index < -0.39 is 30.4 Å². The summed E-state index contributed by atoms with van der Waals surface area (Å²) in [4.78, 5) is 35.3. The van der Waals surface area contributed by atoms with Crippen molar-refractivity contribution in [3.63, 3.8) is 0 Å². The molecule has 2 aromatic rings. The van der Waals surface area contributed by atoms with Crippen molar-refractivity contribution < 1.29 is 23.8 Å². The first-order valence-corrected chi connectivity index (χ1v) is 8.17. The fourth-order valence-electron chi connectivity index (χ4n) is 3.05. The molecule has 1 saturated heterocycles. The number of rotatable bonds is 4. The number of fused-ring (bicyclic) bond motifs is 1. The molecule has 0 N–H and O–H groups in total. The molecule has 140 valence electrons. The SMILES string of the molecule is CC(=O)OC[C@H]1O[C@@H](n2cc(C)c3nnc(C)n3c2=O)C[C@@H]1OC(C)=O. The first-order valence-electron chi connectivity index (χ1n) is 8.17. The van der Waals surface area contributed by atoms with Crippen molar-refractivity contribution >= 4 is 17.6 Å². The lowest BCUT2D eigenvalue weighted by atomic mass is 10.2. The Morgan fingerprint density at radius 2 is 2.00 bits per heavy atom. The second-order valence-electron chi connectivity index (χ2n) is 6.22. The average molecular weight is 364 g/mol. The fourth-order valence-corrected chi connectivity index (χ4v) is 3.05. The van der Waals surface area contributed by atoms with Crippen molar-refractivity contribution in [2.75, 3.05) is 6.61 Å². The maximum absolute atomic E-state index is 12.8. The van der Waals surface area contributed by atoms with Crippen LogP contribution in [0.5, 0.6) is 0 Å². The standard InChI is InChI=1S/C16H20N4O6/c1-8-6-19(16(23)20-9(2)17-18-15(8)20)14-5-12(25-11(4)22)13(26-14)7-24-10(3)21/h6,12-14H,5,7H2,1-4H3/t12-,13+,14+/m0/s1. The number of carbonyl (C=O) groups is 2. The highest BCUT2D eigenvalue weighted by atomic mass is 16.6. The lowest BCUT2D eigenvalue weighted by Crippen LogP contribution is -2.32. The van der Waals surface area contributed by atoms with Crippen molar-refractivity contribution in [2.45, 2.75) is 52.6 Å². The minimum absolute atomic E-state index is 0.0641. The van der Waals surface area contributed by atoms with Crippen LogP contribution in [0, 0.1) is 13.8 Å². The van der Waals surface area contributed by atoms with Gasteiger partial charge < -0.3 is 14.2 Å². The van der Waals surface area contributed by atoms with Crippen LogP contribution in [0.1, 0.15) is 37.9 Å². The number of ether oxygens (including phenoxy) is 3. The maximum Gasteiger partial charge on any atom is 0.337 e. The Balaban J connectivity index is 1.94. The largest absolute Gasteiger partial charge is 0.463 e. The Labute approximate surface area is 148 Å². The molecular weight excluding hydrogens is 344 g/mol. The van der Waals surface area contributed by atoms with Crippen molar-refractivity contribution in [1.29, 1.82) is 0 Å². The molecule has 26 heavy (non-hydrogen) atoms. The summed E-state index contributed by atoms with van der Waals surface area (Å²) >= 11 is 0. The first-order chi connectivity index (χ1) is 12.3. The highest BCUT2D eigenvalue weighted by Gasteiger charge is 2.40. The van der Waals surface area contributed by atoms with E-state index in [0.717, 1.165) is 5.56 Å². The van der Waals surface area contributed by atoms with Crippen molar-refractivity contribution in [3.8, 4) is 0 Å². The molecule has 10 nitrogen and oxygen atoms in total. The minimum atomic E-state index is -0.669. The molecule has 0 bridgehead atoms. The summed E-state index contributed by atoms with van der Waals surface area (Å²) in [6.45, 7) is 6.01. The molecule has 0 aromatic carbocycles. The minimum Gasteiger partial charge on any atom is -0.463 e. The van der Waals surface area contributed by atoms with Crippen molar-refractivity contribution in [2.24, 2.45) is 0 Å². The number of aryl methyl sites for hydroxylation is 2. The van der Waals surface area contributed by atoms with E-state index in [1.54, 1.807) is 13.1 Å². The third kappa shape index (κ3) is 3.32. The van der Waals surface area contributed by atoms with Gasteiger partial charge in [0.1, 0.15) is 30.9 Å². The molecule has 0 spiro atoms. The summed E-state index contributed by atoms with van der Waals surface area (Å²) in [6, 6.07) is 0. The Hall–Kier alpha value is -2.75. The fraction of sp³-hybridized carbons (Fsp3) is 0.562. The molecule has 10 heteroatoms. The number of hydrogen-bond acceptors (Lipinski definition) is 8. The van der Waals surface area contributed by atoms with E-state index in [0.29, 0.717) is 11.5 Å². The zero-order valence-corrected chi connectivity index (χ0v) is 15.0. The van der Waals surface area contributed by atoms with Gasteiger partial charge in [0.15, 0.2) is 5.65 Å². The quantitative estimate of drug-likeness (QED) is 0.711. The second kappa shape index (κ2) is 6.87. The van der Waals surface area contributed by atoms with E-state index in [9.17, 15) is 14.4 Å². The summed E-state index contributed by atoms with van der Waals surface area (Å²) < 4.78 is 18.9. The molecule has 3 atom stereocenters. The van der Waals surface area contributed by atoms with Crippen LogP contribution in [0.4, 0.5) is 0 Å². The molecule has 0 radical (unpaired) electrons. The molecule has 1 aliphatic heterocycles. The number of aromatic nitrogens is 4. The lowest BCUT2D eigenvalue weighted by molar-refractivity contribution is -0.155. The van der Waals surface area contributed by atoms with Gasteiger partial charge in [0.05, 0.1) is 0 Å². The van der Waals surface area contributed by atoms with E-state index in [1.807, 2.05) is 6.92 Å². The Morgan fingerprint density at radius 3 is 2.65 bits per heavy atom. The van der Waals surface area contributed by atoms with Crippen LogP contribution in [0.3, 0.4) is 0 Å². The predicted octanol–water partition coefficient (Wildman–Crippen LogP) is 0.290. The highest BCUT2D eigenvalue weighted by Crippen LogP contribution is 2.30. The van der Waals surface area contributed by atoms with Gasteiger partial charge in [0.25, 0.3) is 0 Å². The molecular formula is C16H20N4O6. The molecule has 1 fully saturated rings. The number of hydrogen-bond donors (Lipinski definition) is 0. The monoisotopic (exact) mass is 364 g/mol. The molecule has 0 saturated carbocycles. The molecule has 0 aliphatic carbocycles. The highest BCUT2D eigenvalue weighted by molar-refractivity contribution is 5.66. The molecule has 2 aromatic heterocycles. The van der Waals surface area contributed by atoms with Gasteiger partial charge in [-0.25, -0.2) is 9.20 Å². The number of carbonyl (C=O) groups excluding carboxylic acids is 2. The van der Waals surface area contributed by atoms with E-state index in [-0.39, 0.29) is 18.7 Å². The van der Waals surface area contributed by atoms with E-state index in [1.165, 1.54) is 22.8 Å². The van der Waals surface area contributed by atoms with Gasteiger partial charge in [-0.05, 0) is 13.8 Å². The summed E-state index contributed by atoms with van der Waals surface area (Å²) in [5.74, 6) is -0.470. The zero-order chi connectivity index (χ0) is 19.0. The summed E-state index contributed by atoms with van der Waals surface area (Å²) in [5, 5.41) is 7.93. The third-order valence-electron chi connectivity index (χ3n) is 4.18. The van der Waals surface area contributed by atoms with Crippen LogP contribution < -0.4 is 5.69 Å². The molecule has 0 amide bonds. The number of esters is 2. The second-order valence-corrected chi connectivity index (χ2v) is 6.22. The predicted molar refractivity (Wildman–Crippen MR) is 87.4 cm³/mol. The Morgan fingerprint density at radius 1 is 1.27 bits per heavy atom. The number of nitrogens with zero attached hydrogens (tertiary/aromatic N) is 4. The molecule has 3 heterocycles. The van der Waals surface area contributed by atoms with Gasteiger partial charge in [0, 0.05) is 32.0 Å². The molecule has 3 rings (SSSR count). The smallest absolute Gasteiger partial charge is 0.337 e. The van der Waals surface area contributed by atoms with Gasteiger partial charge in [-0.1, -0.05) is 0 Å². The van der Waals surface area contributed by atoms with Crippen LogP contribution in [0.2, 0.25) is 0 Å². The van der Waals surface area contributed by atoms with E-state index in [2.05, 4.69) is 10.2 Å². The van der Waals surface area contributed by atoms with Crippen molar-refractivity contribution in [3.05, 3.63) is 28.1 Å². The maximum atomic E-state index is 12.8. The summed E-state index contributed by atoms with van der Waals surface area (Å²) in [5.41, 5.74) is 0.879. The van der Waals surface area contributed by atoms with E-state index >= 15 is 0 Å². The molecule has 1 aliphatic rings. The Bertz CT molecular complexity index is 917. The average Bonchev–Trinajstić information content (AvgIpc) is 3.12. The van der Waals surface area contributed by atoms with Gasteiger partial charge in [-0.15, -0.1) is 10.2 Å². The first kappa shape index (κ1) is 18.1. The van der Waals surface area contributed by atoms with Gasteiger partial charge in [-0.2, -0.15) is 0 Å². The Kier molecular flexibility index (Phi) is 4.77. The third-order valence-corrected chi connectivity index (χ3v) is 4.18. The van der Waals surface area contributed by atoms with Crippen LogP contribution in [-0.4, -0.2) is 49.9 Å². The van der Waals surface area contributed by atoms with Crippen LogP contribution in [-0.2, 0) is 23.8 Å². The topological polar surface area (TPSA) is 114 Å². The zero-order valence-electron chi connectivity index (χ0n) is 15.0. The van der Waals surface area contributed by atoms with Gasteiger partial charge in [-0.3, -0.25) is 14.2 Å². The van der Waals surface area contributed by atoms with Crippen LogP contribution in [0.25, 0.3) is 5.65 Å². The normalized spacial score (nSPS) is 22.5. The van der Waals surface area contributed by atoms with Crippen LogP contribution >= 0.6 is 0 Å². The lowest BCUT2D eigenvalue weighted by Gasteiger charge is -2.18. The molecule has 0 unspecified atom stereocenters. The van der Waals surface area contributed by atoms with Gasteiger partial charge >= 0.3 is 17.6 Å².